The molecule has 1 N–H and O–H groups in total. The van der Waals surface area contributed by atoms with Crippen molar-refractivity contribution in [1.82, 2.24) is 9.55 Å². The van der Waals surface area contributed by atoms with Gasteiger partial charge in [-0.05, 0) is 24.6 Å². The van der Waals surface area contributed by atoms with Crippen molar-refractivity contribution in [3.05, 3.63) is 16.7 Å². The van der Waals surface area contributed by atoms with E-state index in [1.807, 2.05) is 6.20 Å². The molecule has 1 heterocycles. The molecule has 0 radical (unpaired) electrons. The average Bonchev–Trinajstić information content (AvgIpc) is 2.55. The van der Waals surface area contributed by atoms with E-state index in [4.69, 9.17) is 17.0 Å². The lowest BCUT2D eigenvalue weighted by Crippen LogP contribution is -2.22. The van der Waals surface area contributed by atoms with Gasteiger partial charge >= 0.3 is 0 Å². The summed E-state index contributed by atoms with van der Waals surface area (Å²) >= 11 is 5.30. The van der Waals surface area contributed by atoms with Crippen LogP contribution in [0.5, 0.6) is 0 Å². The molecule has 3 nitrogen and oxygen atoms in total. The maximum atomic E-state index is 5.30. The highest BCUT2D eigenvalue weighted by atomic mass is 32.1. The molecule has 0 amide bonds. The van der Waals surface area contributed by atoms with E-state index in [1.165, 1.54) is 5.69 Å². The Morgan fingerprint density at radius 3 is 2.67 bits per heavy atom. The van der Waals surface area contributed by atoms with Crippen molar-refractivity contribution in [3.8, 4) is 0 Å². The Morgan fingerprint density at radius 2 is 2.20 bits per heavy atom. The fourth-order valence-corrected chi connectivity index (χ4v) is 2.10. The van der Waals surface area contributed by atoms with E-state index in [0.717, 1.165) is 11.2 Å². The summed E-state index contributed by atoms with van der Waals surface area (Å²) < 4.78 is 8.24. The highest BCUT2D eigenvalue weighted by molar-refractivity contribution is 7.71. The first-order valence-corrected chi connectivity index (χ1v) is 5.80. The number of methoxy groups -OCH3 is 1. The monoisotopic (exact) mass is 228 g/mol. The van der Waals surface area contributed by atoms with Crippen molar-refractivity contribution >= 4 is 12.2 Å². The van der Waals surface area contributed by atoms with Gasteiger partial charge in [-0.15, -0.1) is 0 Å². The number of ether oxygens (including phenoxy) is 1. The van der Waals surface area contributed by atoms with Crippen LogP contribution < -0.4 is 0 Å². The molecule has 1 aromatic heterocycles. The van der Waals surface area contributed by atoms with Gasteiger partial charge in [0.25, 0.3) is 0 Å². The van der Waals surface area contributed by atoms with Crippen molar-refractivity contribution in [2.75, 3.05) is 13.7 Å². The minimum Gasteiger partial charge on any atom is -0.383 e. The molecule has 1 unspecified atom stereocenters. The molecule has 1 rings (SSSR count). The molecular formula is C11H20N2OS. The predicted molar refractivity (Wildman–Crippen MR) is 64.7 cm³/mol. The highest BCUT2D eigenvalue weighted by Gasteiger charge is 2.18. The number of aromatic amines is 1. The number of aromatic nitrogens is 2. The van der Waals surface area contributed by atoms with E-state index in [9.17, 15) is 0 Å². The van der Waals surface area contributed by atoms with Crippen molar-refractivity contribution < 1.29 is 4.74 Å². The number of hydrogen-bond acceptors (Lipinski definition) is 2. The van der Waals surface area contributed by atoms with Gasteiger partial charge in [0.1, 0.15) is 0 Å². The summed E-state index contributed by atoms with van der Waals surface area (Å²) in [4.78, 5) is 3.10. The van der Waals surface area contributed by atoms with E-state index >= 15 is 0 Å². The van der Waals surface area contributed by atoms with Gasteiger partial charge in [-0.1, -0.05) is 20.8 Å². The number of hydrogen-bond donors (Lipinski definition) is 1. The summed E-state index contributed by atoms with van der Waals surface area (Å²) in [6, 6.07) is 0.323. The van der Waals surface area contributed by atoms with Crippen LogP contribution in [0.25, 0.3) is 0 Å². The minimum atomic E-state index is 0.323. The summed E-state index contributed by atoms with van der Waals surface area (Å²) in [5.74, 6) is 0.512. The van der Waals surface area contributed by atoms with Crippen LogP contribution in [0, 0.1) is 10.7 Å². The third-order valence-electron chi connectivity index (χ3n) is 2.69. The van der Waals surface area contributed by atoms with Crippen molar-refractivity contribution in [1.29, 1.82) is 0 Å². The first-order valence-electron chi connectivity index (χ1n) is 5.39. The largest absolute Gasteiger partial charge is 0.383 e. The lowest BCUT2D eigenvalue weighted by atomic mass is 10.0. The molecule has 0 spiro atoms. The van der Waals surface area contributed by atoms with Crippen LogP contribution in [0.4, 0.5) is 0 Å². The molecule has 0 fully saturated rings. The minimum absolute atomic E-state index is 0.323. The predicted octanol–water partition coefficient (Wildman–Crippen LogP) is 2.95. The van der Waals surface area contributed by atoms with Crippen LogP contribution >= 0.6 is 12.2 Å². The molecule has 0 aliphatic rings. The first kappa shape index (κ1) is 12.5. The molecule has 15 heavy (non-hydrogen) atoms. The van der Waals surface area contributed by atoms with Gasteiger partial charge in [0.15, 0.2) is 4.77 Å². The second-order valence-electron chi connectivity index (χ2n) is 4.08. The molecule has 0 aromatic carbocycles. The van der Waals surface area contributed by atoms with Gasteiger partial charge in [0, 0.05) is 19.0 Å². The van der Waals surface area contributed by atoms with E-state index < -0.39 is 0 Å². The molecule has 1 aromatic rings. The third kappa shape index (κ3) is 2.69. The Bertz CT molecular complexity index is 354. The first-order chi connectivity index (χ1) is 7.11. The summed E-state index contributed by atoms with van der Waals surface area (Å²) in [5.41, 5.74) is 1.25. The number of imidazole rings is 1. The normalized spacial score (nSPS) is 13.4. The fourth-order valence-electron chi connectivity index (χ4n) is 1.79. The topological polar surface area (TPSA) is 29.9 Å². The van der Waals surface area contributed by atoms with Gasteiger partial charge in [-0.3, -0.25) is 0 Å². The SMILES string of the molecule is CCc1c[nH]c(=S)n1C(COC)C(C)C. The van der Waals surface area contributed by atoms with Crippen molar-refractivity contribution in [3.63, 3.8) is 0 Å². The number of nitrogens with one attached hydrogen (secondary N) is 1. The maximum absolute atomic E-state index is 5.30. The summed E-state index contributed by atoms with van der Waals surface area (Å²) in [6.07, 6.45) is 2.98. The zero-order chi connectivity index (χ0) is 11.4. The van der Waals surface area contributed by atoms with Crippen LogP contribution in [0.2, 0.25) is 0 Å². The second kappa shape index (κ2) is 5.47. The smallest absolute Gasteiger partial charge is 0.177 e. The van der Waals surface area contributed by atoms with E-state index in [2.05, 4.69) is 30.3 Å². The van der Waals surface area contributed by atoms with Gasteiger partial charge in [0.05, 0.1) is 12.6 Å². The zero-order valence-corrected chi connectivity index (χ0v) is 10.7. The molecule has 0 aliphatic carbocycles. The molecule has 0 saturated heterocycles. The molecule has 0 bridgehead atoms. The number of nitrogens with zero attached hydrogens (tertiary/aromatic N) is 1. The van der Waals surface area contributed by atoms with Gasteiger partial charge in [0.2, 0.25) is 0 Å². The number of aryl methyl sites for hydroxylation is 1. The number of rotatable bonds is 5. The maximum Gasteiger partial charge on any atom is 0.177 e. The van der Waals surface area contributed by atoms with Crippen LogP contribution in [0.3, 0.4) is 0 Å². The molecular weight excluding hydrogens is 208 g/mol. The molecule has 0 aliphatic heterocycles. The average molecular weight is 228 g/mol. The molecule has 4 heteroatoms. The lowest BCUT2D eigenvalue weighted by molar-refractivity contribution is 0.131. The van der Waals surface area contributed by atoms with Gasteiger partial charge in [-0.25, -0.2) is 0 Å². The van der Waals surface area contributed by atoms with Crippen molar-refractivity contribution in [2.45, 2.75) is 33.2 Å². The van der Waals surface area contributed by atoms with E-state index in [0.29, 0.717) is 18.6 Å². The van der Waals surface area contributed by atoms with Crippen molar-refractivity contribution in [2.24, 2.45) is 5.92 Å². The lowest BCUT2D eigenvalue weighted by Gasteiger charge is -2.23. The van der Waals surface area contributed by atoms with Crippen LogP contribution in [0.1, 0.15) is 32.5 Å². The van der Waals surface area contributed by atoms with Crippen LogP contribution in [-0.2, 0) is 11.2 Å². The summed E-state index contributed by atoms with van der Waals surface area (Å²) in [5, 5.41) is 0. The molecule has 86 valence electrons. The van der Waals surface area contributed by atoms with E-state index in [-0.39, 0.29) is 0 Å². The zero-order valence-electron chi connectivity index (χ0n) is 9.91. The Morgan fingerprint density at radius 1 is 1.53 bits per heavy atom. The Labute approximate surface area is 96.5 Å². The quantitative estimate of drug-likeness (QED) is 0.785. The highest BCUT2D eigenvalue weighted by Crippen LogP contribution is 2.21. The Hall–Kier alpha value is -0.610. The van der Waals surface area contributed by atoms with Crippen LogP contribution in [0.15, 0.2) is 6.20 Å². The second-order valence-corrected chi connectivity index (χ2v) is 4.46. The standard InChI is InChI=1S/C11H20N2OS/c1-5-9-6-12-11(15)13(9)10(7-14-4)8(2)3/h6,8,10H,5,7H2,1-4H3,(H,12,15). The molecule has 0 saturated carbocycles. The summed E-state index contributed by atoms with van der Waals surface area (Å²) in [7, 11) is 1.73. The molecule has 1 atom stereocenters. The summed E-state index contributed by atoms with van der Waals surface area (Å²) in [6.45, 7) is 7.23. The number of H-pyrrole nitrogens is 1. The van der Waals surface area contributed by atoms with Gasteiger partial charge in [-0.2, -0.15) is 0 Å². The van der Waals surface area contributed by atoms with Crippen LogP contribution in [-0.4, -0.2) is 23.3 Å². The fraction of sp³-hybridized carbons (Fsp3) is 0.727. The van der Waals surface area contributed by atoms with Gasteiger partial charge < -0.3 is 14.3 Å². The Kier molecular flexibility index (Phi) is 4.54. The Balaban J connectivity index is 3.09. The third-order valence-corrected chi connectivity index (χ3v) is 3.01. The van der Waals surface area contributed by atoms with E-state index in [1.54, 1.807) is 7.11 Å².